The van der Waals surface area contributed by atoms with Gasteiger partial charge in [-0.3, -0.25) is 0 Å². The Bertz CT molecular complexity index is 1010. The number of hydrogen-bond donors (Lipinski definition) is 0. The maximum atomic E-state index is 4.65. The molecule has 0 N–H and O–H groups in total. The summed E-state index contributed by atoms with van der Waals surface area (Å²) in [7, 11) is 0. The van der Waals surface area contributed by atoms with E-state index in [1.54, 1.807) is 0 Å². The van der Waals surface area contributed by atoms with Crippen LogP contribution in [0.5, 0.6) is 0 Å². The van der Waals surface area contributed by atoms with Crippen molar-refractivity contribution in [2.75, 3.05) is 0 Å². The van der Waals surface area contributed by atoms with Crippen molar-refractivity contribution >= 4 is 28.4 Å². The van der Waals surface area contributed by atoms with Gasteiger partial charge in [0.25, 0.3) is 0 Å². The molecule has 0 unspecified atom stereocenters. The van der Waals surface area contributed by atoms with Crippen LogP contribution in [0.4, 0.5) is 0 Å². The van der Waals surface area contributed by atoms with Crippen LogP contribution in [0.2, 0.25) is 0 Å². The second-order valence-corrected chi connectivity index (χ2v) is 6.77. The first-order valence-electron chi connectivity index (χ1n) is 7.73. The molecule has 0 bridgehead atoms. The van der Waals surface area contributed by atoms with Crippen molar-refractivity contribution in [2.24, 2.45) is 0 Å². The summed E-state index contributed by atoms with van der Waals surface area (Å²) < 4.78 is 1.82. The zero-order chi connectivity index (χ0) is 16.5. The molecule has 2 aromatic heterocycles. The number of hydrogen-bond acceptors (Lipinski definition) is 4. The lowest BCUT2D eigenvalue weighted by Gasteiger charge is -2.01. The predicted molar refractivity (Wildman–Crippen MR) is 98.9 cm³/mol. The van der Waals surface area contributed by atoms with E-state index >= 15 is 0 Å². The van der Waals surface area contributed by atoms with E-state index in [1.807, 2.05) is 28.8 Å². The number of aryl methyl sites for hydroxylation is 2. The highest BCUT2D eigenvalue weighted by molar-refractivity contribution is 7.17. The normalized spacial score (nSPS) is 11.6. The van der Waals surface area contributed by atoms with Crippen molar-refractivity contribution in [1.82, 2.24) is 19.8 Å². The van der Waals surface area contributed by atoms with Crippen LogP contribution in [0.25, 0.3) is 28.5 Å². The summed E-state index contributed by atoms with van der Waals surface area (Å²) in [6.07, 6.45) is 4.07. The van der Waals surface area contributed by atoms with Crippen LogP contribution in [0.15, 0.2) is 48.5 Å². The van der Waals surface area contributed by atoms with Crippen LogP contribution in [0, 0.1) is 13.8 Å². The summed E-state index contributed by atoms with van der Waals surface area (Å²) in [4.78, 5) is 0.803. The van der Waals surface area contributed by atoms with E-state index in [9.17, 15) is 0 Å². The number of benzene rings is 2. The lowest BCUT2D eigenvalue weighted by atomic mass is 10.1. The van der Waals surface area contributed by atoms with Crippen LogP contribution < -0.4 is 0 Å². The third-order valence-electron chi connectivity index (χ3n) is 3.70. The van der Waals surface area contributed by atoms with E-state index < -0.39 is 0 Å². The Labute approximate surface area is 144 Å². The summed E-state index contributed by atoms with van der Waals surface area (Å²) >= 11 is 1.53. The summed E-state index contributed by atoms with van der Waals surface area (Å²) in [5.41, 5.74) is 4.62. The first kappa shape index (κ1) is 14.8. The van der Waals surface area contributed by atoms with Crippen LogP contribution in [0.3, 0.4) is 0 Å². The molecule has 4 nitrogen and oxygen atoms in total. The van der Waals surface area contributed by atoms with Gasteiger partial charge < -0.3 is 0 Å². The summed E-state index contributed by atoms with van der Waals surface area (Å²) in [5, 5.41) is 14.1. The fourth-order valence-electron chi connectivity index (χ4n) is 2.71. The molecular formula is C19H16N4S. The van der Waals surface area contributed by atoms with Gasteiger partial charge >= 0.3 is 0 Å². The van der Waals surface area contributed by atoms with Gasteiger partial charge in [0.15, 0.2) is 5.82 Å². The lowest BCUT2D eigenvalue weighted by molar-refractivity contribution is 0.959. The van der Waals surface area contributed by atoms with E-state index in [0.717, 1.165) is 26.9 Å². The van der Waals surface area contributed by atoms with E-state index in [2.05, 4.69) is 65.6 Å². The molecule has 4 aromatic rings. The number of fused-ring (bicyclic) bond motifs is 1. The van der Waals surface area contributed by atoms with Crippen molar-refractivity contribution in [1.29, 1.82) is 0 Å². The molecule has 24 heavy (non-hydrogen) atoms. The molecule has 0 spiro atoms. The second kappa shape index (κ2) is 6.02. The highest BCUT2D eigenvalue weighted by atomic mass is 32.1. The van der Waals surface area contributed by atoms with Gasteiger partial charge in [-0.05, 0) is 37.6 Å². The van der Waals surface area contributed by atoms with Gasteiger partial charge in [-0.15, -0.1) is 10.2 Å². The Morgan fingerprint density at radius 1 is 0.917 bits per heavy atom. The molecule has 0 fully saturated rings. The molecule has 118 valence electrons. The van der Waals surface area contributed by atoms with Gasteiger partial charge in [-0.25, -0.2) is 0 Å². The summed E-state index contributed by atoms with van der Waals surface area (Å²) in [6, 6.07) is 16.6. The number of nitrogens with zero attached hydrogens (tertiary/aromatic N) is 4. The van der Waals surface area contributed by atoms with Gasteiger partial charge in [-0.2, -0.15) is 9.61 Å². The van der Waals surface area contributed by atoms with Crippen LogP contribution in [-0.4, -0.2) is 19.8 Å². The monoisotopic (exact) mass is 332 g/mol. The third kappa shape index (κ3) is 2.86. The fourth-order valence-corrected chi connectivity index (χ4v) is 3.46. The molecule has 2 aromatic carbocycles. The Balaban J connectivity index is 1.72. The largest absolute Gasteiger partial charge is 0.235 e. The molecule has 2 heterocycles. The van der Waals surface area contributed by atoms with Crippen molar-refractivity contribution in [3.8, 4) is 11.4 Å². The predicted octanol–water partition coefficient (Wildman–Crippen LogP) is 4.64. The molecule has 0 saturated heterocycles. The van der Waals surface area contributed by atoms with Gasteiger partial charge in [0.2, 0.25) is 4.96 Å². The molecule has 0 aliphatic heterocycles. The molecular weight excluding hydrogens is 316 g/mol. The van der Waals surface area contributed by atoms with E-state index in [1.165, 1.54) is 22.5 Å². The first-order valence-corrected chi connectivity index (χ1v) is 8.55. The molecule has 0 amide bonds. The maximum absolute atomic E-state index is 4.65. The van der Waals surface area contributed by atoms with Crippen molar-refractivity contribution in [3.05, 3.63) is 70.2 Å². The van der Waals surface area contributed by atoms with E-state index in [4.69, 9.17) is 0 Å². The SMILES string of the molecule is Cc1cc(C)cc(-c2nnc3sc(/C=C\c4ccccc4)nn23)c1. The molecule has 0 saturated carbocycles. The zero-order valence-corrected chi connectivity index (χ0v) is 14.3. The topological polar surface area (TPSA) is 43.1 Å². The van der Waals surface area contributed by atoms with Gasteiger partial charge in [0, 0.05) is 5.56 Å². The smallest absolute Gasteiger partial charge is 0.182 e. The van der Waals surface area contributed by atoms with Gasteiger partial charge in [-0.1, -0.05) is 64.9 Å². The molecule has 0 aliphatic carbocycles. The Kier molecular flexibility index (Phi) is 3.70. The molecule has 5 heteroatoms. The molecule has 4 rings (SSSR count). The summed E-state index contributed by atoms with van der Waals surface area (Å²) in [5.74, 6) is 0.785. The minimum atomic E-state index is 0.785. The highest BCUT2D eigenvalue weighted by Gasteiger charge is 2.12. The van der Waals surface area contributed by atoms with Crippen LogP contribution >= 0.6 is 11.3 Å². The Morgan fingerprint density at radius 3 is 2.42 bits per heavy atom. The molecule has 0 aliphatic rings. The van der Waals surface area contributed by atoms with Crippen LogP contribution in [0.1, 0.15) is 21.7 Å². The quantitative estimate of drug-likeness (QED) is 0.549. The van der Waals surface area contributed by atoms with Crippen LogP contribution in [-0.2, 0) is 0 Å². The van der Waals surface area contributed by atoms with Gasteiger partial charge in [0.1, 0.15) is 5.01 Å². The second-order valence-electron chi connectivity index (χ2n) is 5.78. The highest BCUT2D eigenvalue weighted by Crippen LogP contribution is 2.24. The lowest BCUT2D eigenvalue weighted by Crippen LogP contribution is -1.92. The number of aromatic nitrogens is 4. The third-order valence-corrected chi connectivity index (χ3v) is 4.57. The maximum Gasteiger partial charge on any atom is 0.235 e. The Hall–Kier alpha value is -2.79. The van der Waals surface area contributed by atoms with E-state index in [-0.39, 0.29) is 0 Å². The number of rotatable bonds is 3. The summed E-state index contributed by atoms with van der Waals surface area (Å²) in [6.45, 7) is 4.17. The first-order chi connectivity index (χ1) is 11.7. The molecule has 0 radical (unpaired) electrons. The molecule has 0 atom stereocenters. The van der Waals surface area contributed by atoms with Crippen molar-refractivity contribution in [2.45, 2.75) is 13.8 Å². The average Bonchev–Trinajstić information content (AvgIpc) is 3.13. The Morgan fingerprint density at radius 2 is 1.67 bits per heavy atom. The van der Waals surface area contributed by atoms with Crippen molar-refractivity contribution < 1.29 is 0 Å². The zero-order valence-electron chi connectivity index (χ0n) is 13.5. The fraction of sp³-hybridized carbons (Fsp3) is 0.105. The standard InChI is InChI=1S/C19H16N4S/c1-13-10-14(2)12-16(11-13)18-20-21-19-23(18)22-17(24-19)9-8-15-6-4-3-5-7-15/h3-12H,1-2H3/b9-8-. The van der Waals surface area contributed by atoms with Crippen molar-refractivity contribution in [3.63, 3.8) is 0 Å². The van der Waals surface area contributed by atoms with Gasteiger partial charge in [0.05, 0.1) is 0 Å². The average molecular weight is 332 g/mol. The minimum Gasteiger partial charge on any atom is -0.182 e. The minimum absolute atomic E-state index is 0.785. The van der Waals surface area contributed by atoms with E-state index in [0.29, 0.717) is 0 Å².